The molecule has 0 spiro atoms. The van der Waals surface area contributed by atoms with E-state index in [4.69, 9.17) is 0 Å². The molecule has 94 valence electrons. The van der Waals surface area contributed by atoms with E-state index in [0.29, 0.717) is 5.78 Å². The molecular formula is C15H18N2O. The summed E-state index contributed by atoms with van der Waals surface area (Å²) in [6, 6.07) is 3.85. The number of hydrogen-bond donors (Lipinski definition) is 1. The first-order valence-corrected chi connectivity index (χ1v) is 6.72. The third kappa shape index (κ3) is 1.94. The third-order valence-electron chi connectivity index (χ3n) is 4.10. The summed E-state index contributed by atoms with van der Waals surface area (Å²) in [5.74, 6) is 1.28. The number of carbonyl (C=O) groups excluding carboxylic acids is 1. The molecule has 18 heavy (non-hydrogen) atoms. The van der Waals surface area contributed by atoms with E-state index in [0.717, 1.165) is 35.4 Å². The predicted octanol–water partition coefficient (Wildman–Crippen LogP) is 3.57. The Morgan fingerprint density at radius 1 is 1.33 bits per heavy atom. The van der Waals surface area contributed by atoms with Gasteiger partial charge in [-0.2, -0.15) is 0 Å². The normalized spacial score (nSPS) is 24.3. The molecule has 1 aliphatic carbocycles. The van der Waals surface area contributed by atoms with Crippen molar-refractivity contribution in [3.05, 3.63) is 30.1 Å². The summed E-state index contributed by atoms with van der Waals surface area (Å²) < 4.78 is 0. The summed E-state index contributed by atoms with van der Waals surface area (Å²) >= 11 is 0. The lowest BCUT2D eigenvalue weighted by atomic mass is 9.79. The molecule has 3 rings (SSSR count). The fourth-order valence-electron chi connectivity index (χ4n) is 2.90. The molecule has 1 N–H and O–H groups in total. The fourth-order valence-corrected chi connectivity index (χ4v) is 2.90. The smallest absolute Gasteiger partial charge is 0.168 e. The Balaban J connectivity index is 1.88. The molecule has 0 radical (unpaired) electrons. The molecule has 0 saturated heterocycles. The van der Waals surface area contributed by atoms with Crippen molar-refractivity contribution >= 4 is 16.8 Å². The molecule has 0 unspecified atom stereocenters. The molecule has 2 aromatic rings. The van der Waals surface area contributed by atoms with Gasteiger partial charge in [0, 0.05) is 29.3 Å². The van der Waals surface area contributed by atoms with Crippen LogP contribution in [0.3, 0.4) is 0 Å². The number of aromatic amines is 1. The van der Waals surface area contributed by atoms with Crippen LogP contribution in [0.25, 0.3) is 11.0 Å². The fraction of sp³-hybridized carbons (Fsp3) is 0.467. The van der Waals surface area contributed by atoms with Crippen molar-refractivity contribution in [3.63, 3.8) is 0 Å². The van der Waals surface area contributed by atoms with E-state index in [1.807, 2.05) is 18.3 Å². The lowest BCUT2D eigenvalue weighted by molar-refractivity contribution is 0.0877. The van der Waals surface area contributed by atoms with Gasteiger partial charge in [-0.15, -0.1) is 0 Å². The predicted molar refractivity (Wildman–Crippen MR) is 71.5 cm³/mol. The lowest BCUT2D eigenvalue weighted by Gasteiger charge is -2.24. The minimum Gasteiger partial charge on any atom is -0.345 e. The Hall–Kier alpha value is -1.64. The number of pyridine rings is 1. The maximum atomic E-state index is 12.5. The number of carbonyl (C=O) groups is 1. The minimum atomic E-state index is 0.209. The molecule has 3 heteroatoms. The van der Waals surface area contributed by atoms with Gasteiger partial charge in [0.25, 0.3) is 0 Å². The van der Waals surface area contributed by atoms with Crippen LogP contribution in [0.2, 0.25) is 0 Å². The number of nitrogens with one attached hydrogen (secondary N) is 1. The number of ketones is 1. The molecule has 3 nitrogen and oxygen atoms in total. The van der Waals surface area contributed by atoms with E-state index in [1.54, 1.807) is 6.20 Å². The average molecular weight is 242 g/mol. The quantitative estimate of drug-likeness (QED) is 0.818. The van der Waals surface area contributed by atoms with Crippen LogP contribution in [0.15, 0.2) is 24.5 Å². The highest BCUT2D eigenvalue weighted by Crippen LogP contribution is 2.32. The van der Waals surface area contributed by atoms with Gasteiger partial charge < -0.3 is 4.98 Å². The first kappa shape index (κ1) is 11.5. The second kappa shape index (κ2) is 4.56. The average Bonchev–Trinajstić information content (AvgIpc) is 2.82. The van der Waals surface area contributed by atoms with Gasteiger partial charge in [0.05, 0.1) is 0 Å². The zero-order chi connectivity index (χ0) is 12.5. The molecule has 0 atom stereocenters. The van der Waals surface area contributed by atoms with Gasteiger partial charge in [-0.05, 0) is 30.9 Å². The number of nitrogens with zero attached hydrogens (tertiary/aromatic N) is 1. The van der Waals surface area contributed by atoms with E-state index in [-0.39, 0.29) is 5.92 Å². The Labute approximate surface area is 107 Å². The summed E-state index contributed by atoms with van der Waals surface area (Å²) in [5, 5.41) is 0.959. The van der Waals surface area contributed by atoms with Crippen molar-refractivity contribution in [2.75, 3.05) is 0 Å². The largest absolute Gasteiger partial charge is 0.345 e. The number of hydrogen-bond acceptors (Lipinski definition) is 2. The molecule has 0 amide bonds. The first-order chi connectivity index (χ1) is 8.75. The summed E-state index contributed by atoms with van der Waals surface area (Å²) in [4.78, 5) is 19.9. The summed E-state index contributed by atoms with van der Waals surface area (Å²) in [6.07, 6.45) is 7.99. The van der Waals surface area contributed by atoms with Crippen LogP contribution in [0, 0.1) is 11.8 Å². The SMILES string of the molecule is CC1CCC(C(=O)c2c[nH]c3ncccc23)CC1. The van der Waals surface area contributed by atoms with Gasteiger partial charge >= 0.3 is 0 Å². The summed E-state index contributed by atoms with van der Waals surface area (Å²) in [5.41, 5.74) is 1.63. The van der Waals surface area contributed by atoms with Crippen LogP contribution < -0.4 is 0 Å². The molecule has 1 saturated carbocycles. The third-order valence-corrected chi connectivity index (χ3v) is 4.10. The highest BCUT2D eigenvalue weighted by Gasteiger charge is 2.26. The van der Waals surface area contributed by atoms with E-state index >= 15 is 0 Å². The van der Waals surface area contributed by atoms with Gasteiger partial charge in [-0.3, -0.25) is 4.79 Å². The van der Waals surface area contributed by atoms with Crippen molar-refractivity contribution in [2.24, 2.45) is 11.8 Å². The molecule has 0 aliphatic heterocycles. The Bertz CT molecular complexity index is 565. The van der Waals surface area contributed by atoms with Gasteiger partial charge in [-0.1, -0.05) is 19.8 Å². The zero-order valence-electron chi connectivity index (χ0n) is 10.6. The number of Topliss-reactive ketones (excluding diaryl/α,β-unsaturated/α-hetero) is 1. The van der Waals surface area contributed by atoms with Crippen molar-refractivity contribution < 1.29 is 4.79 Å². The van der Waals surface area contributed by atoms with Crippen LogP contribution in [0.4, 0.5) is 0 Å². The topological polar surface area (TPSA) is 45.8 Å². The number of fused-ring (bicyclic) bond motifs is 1. The van der Waals surface area contributed by atoms with Crippen LogP contribution in [-0.4, -0.2) is 15.8 Å². The highest BCUT2D eigenvalue weighted by atomic mass is 16.1. The van der Waals surface area contributed by atoms with Crippen LogP contribution in [-0.2, 0) is 0 Å². The monoisotopic (exact) mass is 242 g/mol. The number of H-pyrrole nitrogens is 1. The number of rotatable bonds is 2. The highest BCUT2D eigenvalue weighted by molar-refractivity contribution is 6.08. The van der Waals surface area contributed by atoms with Gasteiger partial charge in [-0.25, -0.2) is 4.98 Å². The molecular weight excluding hydrogens is 224 g/mol. The van der Waals surface area contributed by atoms with E-state index in [9.17, 15) is 4.79 Å². The summed E-state index contributed by atoms with van der Waals surface area (Å²) in [7, 11) is 0. The maximum absolute atomic E-state index is 12.5. The van der Waals surface area contributed by atoms with Crippen molar-refractivity contribution in [1.29, 1.82) is 0 Å². The second-order valence-electron chi connectivity index (χ2n) is 5.42. The first-order valence-electron chi connectivity index (χ1n) is 6.72. The van der Waals surface area contributed by atoms with Gasteiger partial charge in [0.15, 0.2) is 5.78 Å². The molecule has 0 bridgehead atoms. The number of aromatic nitrogens is 2. The Morgan fingerprint density at radius 2 is 2.11 bits per heavy atom. The van der Waals surface area contributed by atoms with Crippen molar-refractivity contribution in [1.82, 2.24) is 9.97 Å². The van der Waals surface area contributed by atoms with E-state index in [1.165, 1.54) is 12.8 Å². The Kier molecular flexibility index (Phi) is 2.90. The van der Waals surface area contributed by atoms with Crippen LogP contribution in [0.5, 0.6) is 0 Å². The molecule has 2 aromatic heterocycles. The second-order valence-corrected chi connectivity index (χ2v) is 5.42. The van der Waals surface area contributed by atoms with E-state index in [2.05, 4.69) is 16.9 Å². The van der Waals surface area contributed by atoms with Gasteiger partial charge in [0.1, 0.15) is 5.65 Å². The van der Waals surface area contributed by atoms with Crippen LogP contribution in [0.1, 0.15) is 43.0 Å². The summed E-state index contributed by atoms with van der Waals surface area (Å²) in [6.45, 7) is 2.27. The molecule has 1 fully saturated rings. The van der Waals surface area contributed by atoms with E-state index < -0.39 is 0 Å². The lowest BCUT2D eigenvalue weighted by Crippen LogP contribution is -2.20. The van der Waals surface area contributed by atoms with Crippen LogP contribution >= 0.6 is 0 Å². The maximum Gasteiger partial charge on any atom is 0.168 e. The minimum absolute atomic E-state index is 0.209. The molecule has 2 heterocycles. The van der Waals surface area contributed by atoms with Crippen molar-refractivity contribution in [3.8, 4) is 0 Å². The zero-order valence-corrected chi connectivity index (χ0v) is 10.6. The molecule has 0 aromatic carbocycles. The Morgan fingerprint density at radius 3 is 2.89 bits per heavy atom. The van der Waals surface area contributed by atoms with Crippen molar-refractivity contribution in [2.45, 2.75) is 32.6 Å². The molecule has 1 aliphatic rings. The van der Waals surface area contributed by atoms with Gasteiger partial charge in [0.2, 0.25) is 0 Å². The standard InChI is InChI=1S/C15H18N2O/c1-10-4-6-11(7-5-10)14(18)13-9-17-15-12(13)3-2-8-16-15/h2-3,8-11H,4-7H2,1H3,(H,16,17).